The Labute approximate surface area is 155 Å². The Bertz CT molecular complexity index is 945. The Balaban J connectivity index is 1.26. The third-order valence-corrected chi connectivity index (χ3v) is 4.21. The molecule has 0 aliphatic heterocycles. The van der Waals surface area contributed by atoms with E-state index in [0.717, 1.165) is 23.9 Å². The van der Waals surface area contributed by atoms with Crippen LogP contribution in [-0.4, -0.2) is 28.5 Å². The average molecular weight is 365 g/mol. The van der Waals surface area contributed by atoms with Crippen molar-refractivity contribution in [1.82, 2.24) is 9.97 Å². The molecule has 1 saturated carbocycles. The summed E-state index contributed by atoms with van der Waals surface area (Å²) in [5.41, 5.74) is 2.37. The molecule has 1 aliphatic carbocycles. The molecule has 4 rings (SSSR count). The van der Waals surface area contributed by atoms with Crippen molar-refractivity contribution in [2.75, 3.05) is 11.9 Å². The van der Waals surface area contributed by atoms with Crippen LogP contribution in [0.3, 0.4) is 0 Å². The van der Waals surface area contributed by atoms with Gasteiger partial charge in [-0.3, -0.25) is 4.79 Å². The van der Waals surface area contributed by atoms with Gasteiger partial charge in [-0.2, -0.15) is 0 Å². The molecule has 2 N–H and O–H groups in total. The molecule has 1 heterocycles. The predicted octanol–water partition coefficient (Wildman–Crippen LogP) is 3.03. The smallest absolute Gasteiger partial charge is 0.344 e. The molecule has 0 saturated heterocycles. The highest BCUT2D eigenvalue weighted by Crippen LogP contribution is 2.30. The molecule has 1 amide bonds. The van der Waals surface area contributed by atoms with Gasteiger partial charge in [0, 0.05) is 17.7 Å². The number of anilines is 1. The number of benzene rings is 2. The lowest BCUT2D eigenvalue weighted by Gasteiger charge is -2.09. The third-order valence-electron chi connectivity index (χ3n) is 4.21. The van der Waals surface area contributed by atoms with Gasteiger partial charge in [0.25, 0.3) is 0 Å². The van der Waals surface area contributed by atoms with E-state index in [1.807, 2.05) is 24.3 Å². The van der Waals surface area contributed by atoms with Crippen LogP contribution in [0.15, 0.2) is 48.5 Å². The maximum absolute atomic E-state index is 11.9. The first-order chi connectivity index (χ1) is 13.2. The molecule has 3 aromatic rings. The quantitative estimate of drug-likeness (QED) is 0.628. The standard InChI is InChI=1S/C20H19N3O4/c24-19(27-11-18-22-16-6-1-2-7-17(16)23-18)12-26-15-5-3-4-14(10-15)21-20(25)13-8-9-13/h1-7,10,13H,8-9,11-12H2,(H,21,25)(H,22,23). The first-order valence-corrected chi connectivity index (χ1v) is 8.80. The molecule has 7 heteroatoms. The molecule has 0 bridgehead atoms. The summed E-state index contributed by atoms with van der Waals surface area (Å²) in [7, 11) is 0. The minimum Gasteiger partial charge on any atom is -0.482 e. The summed E-state index contributed by atoms with van der Waals surface area (Å²) in [6.45, 7) is -0.172. The van der Waals surface area contributed by atoms with E-state index in [0.29, 0.717) is 17.3 Å². The second-order valence-corrected chi connectivity index (χ2v) is 6.44. The summed E-state index contributed by atoms with van der Waals surface area (Å²) in [6, 6.07) is 14.6. The predicted molar refractivity (Wildman–Crippen MR) is 99.2 cm³/mol. The largest absolute Gasteiger partial charge is 0.482 e. The molecule has 2 aromatic carbocycles. The number of nitrogens with one attached hydrogen (secondary N) is 2. The summed E-state index contributed by atoms with van der Waals surface area (Å²) < 4.78 is 10.6. The van der Waals surface area contributed by atoms with Crippen molar-refractivity contribution in [2.24, 2.45) is 5.92 Å². The molecule has 1 aromatic heterocycles. The number of ether oxygens (including phenoxy) is 2. The Morgan fingerprint density at radius 1 is 1.15 bits per heavy atom. The SMILES string of the molecule is O=C(COc1cccc(NC(=O)C2CC2)c1)OCc1nc2ccccc2[nH]1. The zero-order valence-corrected chi connectivity index (χ0v) is 14.6. The number of para-hydroxylation sites is 2. The fourth-order valence-corrected chi connectivity index (χ4v) is 2.66. The highest BCUT2D eigenvalue weighted by Gasteiger charge is 2.29. The normalized spacial score (nSPS) is 13.3. The van der Waals surface area contributed by atoms with Gasteiger partial charge >= 0.3 is 5.97 Å². The van der Waals surface area contributed by atoms with Crippen LogP contribution in [0.5, 0.6) is 5.75 Å². The fourth-order valence-electron chi connectivity index (χ4n) is 2.66. The molecule has 7 nitrogen and oxygen atoms in total. The van der Waals surface area contributed by atoms with Crippen molar-refractivity contribution in [1.29, 1.82) is 0 Å². The molecule has 0 atom stereocenters. The van der Waals surface area contributed by atoms with Crippen molar-refractivity contribution >= 4 is 28.6 Å². The van der Waals surface area contributed by atoms with Crippen LogP contribution in [-0.2, 0) is 20.9 Å². The number of hydrogen-bond acceptors (Lipinski definition) is 5. The van der Waals surface area contributed by atoms with Gasteiger partial charge in [0.2, 0.25) is 5.91 Å². The minimum absolute atomic E-state index is 0.0254. The number of carbonyl (C=O) groups excluding carboxylic acids is 2. The van der Waals surface area contributed by atoms with Crippen LogP contribution in [0.1, 0.15) is 18.7 Å². The molecule has 0 radical (unpaired) electrons. The highest BCUT2D eigenvalue weighted by atomic mass is 16.6. The number of fused-ring (bicyclic) bond motifs is 1. The average Bonchev–Trinajstić information content (AvgIpc) is 3.44. The van der Waals surface area contributed by atoms with Gasteiger partial charge < -0.3 is 19.8 Å². The van der Waals surface area contributed by atoms with Crippen LogP contribution in [0.2, 0.25) is 0 Å². The first kappa shape index (κ1) is 17.1. The first-order valence-electron chi connectivity index (χ1n) is 8.80. The summed E-state index contributed by atoms with van der Waals surface area (Å²) in [5.74, 6) is 0.724. The number of imidazole rings is 1. The number of carbonyl (C=O) groups is 2. The number of nitrogens with zero attached hydrogens (tertiary/aromatic N) is 1. The second-order valence-electron chi connectivity index (χ2n) is 6.44. The Hall–Kier alpha value is -3.35. The van der Waals surface area contributed by atoms with Crippen LogP contribution < -0.4 is 10.1 Å². The molecule has 1 fully saturated rings. The van der Waals surface area contributed by atoms with Gasteiger partial charge in [-0.25, -0.2) is 9.78 Å². The minimum atomic E-state index is -0.497. The van der Waals surface area contributed by atoms with Crippen LogP contribution >= 0.6 is 0 Å². The van der Waals surface area contributed by atoms with Crippen molar-refractivity contribution < 1.29 is 19.1 Å². The fraction of sp³-hybridized carbons (Fsp3) is 0.250. The van der Waals surface area contributed by atoms with Crippen molar-refractivity contribution in [3.63, 3.8) is 0 Å². The molecule has 0 spiro atoms. The van der Waals surface area contributed by atoms with Crippen LogP contribution in [0, 0.1) is 5.92 Å². The molecule has 27 heavy (non-hydrogen) atoms. The third kappa shape index (κ3) is 4.44. The monoisotopic (exact) mass is 365 g/mol. The van der Waals surface area contributed by atoms with Gasteiger partial charge in [0.05, 0.1) is 11.0 Å². The lowest BCUT2D eigenvalue weighted by atomic mass is 10.3. The lowest BCUT2D eigenvalue weighted by Crippen LogP contribution is -2.16. The van der Waals surface area contributed by atoms with E-state index in [9.17, 15) is 9.59 Å². The summed E-state index contributed by atoms with van der Waals surface area (Å²) >= 11 is 0. The zero-order valence-electron chi connectivity index (χ0n) is 14.6. The Kier molecular flexibility index (Phi) is 4.74. The summed E-state index contributed by atoms with van der Waals surface area (Å²) in [4.78, 5) is 31.2. The number of hydrogen-bond donors (Lipinski definition) is 2. The van der Waals surface area contributed by atoms with E-state index in [-0.39, 0.29) is 25.0 Å². The topological polar surface area (TPSA) is 93.3 Å². The Morgan fingerprint density at radius 2 is 2.00 bits per heavy atom. The van der Waals surface area contributed by atoms with Crippen molar-refractivity contribution in [3.05, 3.63) is 54.4 Å². The number of aromatic nitrogens is 2. The number of amides is 1. The van der Waals surface area contributed by atoms with Gasteiger partial charge in [-0.1, -0.05) is 18.2 Å². The van der Waals surface area contributed by atoms with Crippen LogP contribution in [0.25, 0.3) is 11.0 Å². The number of aromatic amines is 1. The van der Waals surface area contributed by atoms with Gasteiger partial charge in [-0.15, -0.1) is 0 Å². The zero-order chi connectivity index (χ0) is 18.6. The van der Waals surface area contributed by atoms with E-state index in [2.05, 4.69) is 15.3 Å². The van der Waals surface area contributed by atoms with Gasteiger partial charge in [0.15, 0.2) is 6.61 Å². The number of rotatable bonds is 7. The molecule has 138 valence electrons. The molecule has 1 aliphatic rings. The van der Waals surface area contributed by atoms with Crippen LogP contribution in [0.4, 0.5) is 5.69 Å². The number of H-pyrrole nitrogens is 1. The van der Waals surface area contributed by atoms with E-state index in [1.165, 1.54) is 0 Å². The number of esters is 1. The Morgan fingerprint density at radius 3 is 2.81 bits per heavy atom. The van der Waals surface area contributed by atoms with E-state index in [4.69, 9.17) is 9.47 Å². The molecular weight excluding hydrogens is 346 g/mol. The molecule has 0 unspecified atom stereocenters. The van der Waals surface area contributed by atoms with E-state index in [1.54, 1.807) is 24.3 Å². The second kappa shape index (κ2) is 7.49. The maximum atomic E-state index is 11.9. The maximum Gasteiger partial charge on any atom is 0.344 e. The molecular formula is C20H19N3O4. The van der Waals surface area contributed by atoms with Gasteiger partial charge in [0.1, 0.15) is 18.2 Å². The van der Waals surface area contributed by atoms with E-state index < -0.39 is 5.97 Å². The van der Waals surface area contributed by atoms with Gasteiger partial charge in [-0.05, 0) is 37.1 Å². The van der Waals surface area contributed by atoms with Crippen molar-refractivity contribution in [3.8, 4) is 5.75 Å². The highest BCUT2D eigenvalue weighted by molar-refractivity contribution is 5.94. The van der Waals surface area contributed by atoms with Crippen molar-refractivity contribution in [2.45, 2.75) is 19.4 Å². The lowest BCUT2D eigenvalue weighted by molar-refractivity contribution is -0.147. The summed E-state index contributed by atoms with van der Waals surface area (Å²) in [6.07, 6.45) is 1.89. The van der Waals surface area contributed by atoms with E-state index >= 15 is 0 Å². The summed E-state index contributed by atoms with van der Waals surface area (Å²) in [5, 5.41) is 2.84.